The summed E-state index contributed by atoms with van der Waals surface area (Å²) in [6.45, 7) is 3.33. The lowest BCUT2D eigenvalue weighted by Gasteiger charge is -2.15. The van der Waals surface area contributed by atoms with Crippen LogP contribution < -0.4 is 21.3 Å². The van der Waals surface area contributed by atoms with Gasteiger partial charge < -0.3 is 31.5 Å². The molecule has 0 bridgehead atoms. The Labute approximate surface area is 307 Å². The summed E-state index contributed by atoms with van der Waals surface area (Å²) in [5, 5.41) is 31.1. The first-order chi connectivity index (χ1) is 25.4. The SMILES string of the molecule is Cc1ccc(NC(=O)Nc2ccc(C)c(C(=O)Nc3ccc(S(=O)(=O)O)c4ccc(O)cc34)c2)cc1C(=O)Nc1ccc(S(=O)(=O)O)c2ccc(O)cc12. The second-order valence-corrected chi connectivity index (χ2v) is 15.0. The topological polar surface area (TPSA) is 249 Å². The predicted octanol–water partition coefficient (Wildman–Crippen LogP) is 6.66. The number of hydrogen-bond donors (Lipinski definition) is 8. The van der Waals surface area contributed by atoms with Crippen LogP contribution in [0.25, 0.3) is 21.5 Å². The van der Waals surface area contributed by atoms with Crippen molar-refractivity contribution in [1.29, 1.82) is 0 Å². The van der Waals surface area contributed by atoms with Gasteiger partial charge in [0.15, 0.2) is 0 Å². The Bertz CT molecular complexity index is 2600. The first-order valence-electron chi connectivity index (χ1n) is 15.8. The van der Waals surface area contributed by atoms with Crippen molar-refractivity contribution in [1.82, 2.24) is 0 Å². The van der Waals surface area contributed by atoms with Gasteiger partial charge in [0.25, 0.3) is 32.1 Å². The molecule has 54 heavy (non-hydrogen) atoms. The monoisotopic (exact) mass is 770 g/mol. The Hall–Kier alpha value is -6.53. The highest BCUT2D eigenvalue weighted by molar-refractivity contribution is 7.86. The molecule has 276 valence electrons. The standard InChI is InChI=1S/C37H30N4O11S2/c1-19-3-5-21(15-27(19)35(44)40-31-11-13-33(53(47,48)49)25-9-7-23(42)17-29(25)31)38-37(46)39-22-6-4-20(2)28(16-22)36(45)41-32-12-14-34(54(50,51)52)26-10-8-24(43)18-30(26)32/h3-18,42-43H,1-2H3,(H,40,44)(H,41,45)(H2,38,39,46)(H,47,48,49)(H,50,51,52). The highest BCUT2D eigenvalue weighted by Crippen LogP contribution is 2.34. The van der Waals surface area contributed by atoms with Crippen LogP contribution in [-0.4, -0.2) is 54.0 Å². The number of aryl methyl sites for hydroxylation is 2. The van der Waals surface area contributed by atoms with Crippen molar-refractivity contribution in [2.45, 2.75) is 23.6 Å². The van der Waals surface area contributed by atoms with Crippen LogP contribution >= 0.6 is 0 Å². The first kappa shape index (κ1) is 37.2. The molecule has 0 unspecified atom stereocenters. The number of benzene rings is 6. The Morgan fingerprint density at radius 1 is 0.481 bits per heavy atom. The molecule has 0 saturated heterocycles. The van der Waals surface area contributed by atoms with Crippen molar-refractivity contribution in [2.75, 3.05) is 21.3 Å². The van der Waals surface area contributed by atoms with E-state index >= 15 is 0 Å². The molecule has 0 spiro atoms. The van der Waals surface area contributed by atoms with E-state index in [0.29, 0.717) is 11.1 Å². The summed E-state index contributed by atoms with van der Waals surface area (Å²) in [6.07, 6.45) is 0. The average molecular weight is 771 g/mol. The summed E-state index contributed by atoms with van der Waals surface area (Å²) in [7, 11) is -9.23. The second kappa shape index (κ2) is 14.1. The number of nitrogens with one attached hydrogen (secondary N) is 4. The van der Waals surface area contributed by atoms with Crippen molar-refractivity contribution in [2.24, 2.45) is 0 Å². The van der Waals surface area contributed by atoms with Crippen LogP contribution in [0, 0.1) is 13.8 Å². The van der Waals surface area contributed by atoms with Gasteiger partial charge in [0.2, 0.25) is 0 Å². The number of hydrogen-bond acceptors (Lipinski definition) is 9. The number of phenolic OH excluding ortho intramolecular Hbond substituents is 2. The van der Waals surface area contributed by atoms with Crippen molar-refractivity contribution < 1.29 is 50.5 Å². The summed E-state index contributed by atoms with van der Waals surface area (Å²) in [6, 6.07) is 20.8. The predicted molar refractivity (Wildman–Crippen MR) is 202 cm³/mol. The third-order valence-corrected chi connectivity index (χ3v) is 10.3. The van der Waals surface area contributed by atoms with Crippen LogP contribution in [0.2, 0.25) is 0 Å². The van der Waals surface area contributed by atoms with Gasteiger partial charge in [0.1, 0.15) is 21.3 Å². The number of fused-ring (bicyclic) bond motifs is 2. The Balaban J connectivity index is 1.19. The van der Waals surface area contributed by atoms with Gasteiger partial charge in [0, 0.05) is 55.4 Å². The molecule has 15 nitrogen and oxygen atoms in total. The molecule has 0 saturated carbocycles. The average Bonchev–Trinajstić information content (AvgIpc) is 3.09. The van der Waals surface area contributed by atoms with Gasteiger partial charge in [-0.3, -0.25) is 18.7 Å². The highest BCUT2D eigenvalue weighted by atomic mass is 32.2. The van der Waals surface area contributed by atoms with Crippen molar-refractivity contribution in [3.05, 3.63) is 119 Å². The molecule has 0 aliphatic heterocycles. The van der Waals surface area contributed by atoms with Gasteiger partial charge in [-0.1, -0.05) is 12.1 Å². The zero-order valence-corrected chi connectivity index (χ0v) is 29.8. The number of carbonyl (C=O) groups is 3. The van der Waals surface area contributed by atoms with Gasteiger partial charge in [0.05, 0.1) is 0 Å². The van der Waals surface area contributed by atoms with Crippen molar-refractivity contribution >= 4 is 82.4 Å². The molecule has 17 heteroatoms. The minimum atomic E-state index is -4.61. The molecule has 0 aliphatic rings. The lowest BCUT2D eigenvalue weighted by molar-refractivity contribution is 0.101. The summed E-state index contributed by atoms with van der Waals surface area (Å²) in [4.78, 5) is 39.1. The minimum Gasteiger partial charge on any atom is -0.508 e. The molecule has 0 aromatic heterocycles. The molecule has 6 aromatic rings. The van der Waals surface area contributed by atoms with Gasteiger partial charge >= 0.3 is 6.03 Å². The molecule has 4 amide bonds. The minimum absolute atomic E-state index is 0.0665. The highest BCUT2D eigenvalue weighted by Gasteiger charge is 2.21. The van der Waals surface area contributed by atoms with Gasteiger partial charge in [-0.05, 0) is 110 Å². The number of anilines is 4. The third kappa shape index (κ3) is 7.79. The van der Waals surface area contributed by atoms with Crippen LogP contribution in [0.3, 0.4) is 0 Å². The molecule has 0 aliphatic carbocycles. The van der Waals surface area contributed by atoms with E-state index < -0.39 is 47.9 Å². The molecule has 0 radical (unpaired) electrons. The zero-order valence-electron chi connectivity index (χ0n) is 28.2. The molecule has 6 rings (SSSR count). The normalized spacial score (nSPS) is 11.6. The molecule has 8 N–H and O–H groups in total. The molecule has 0 fully saturated rings. The molecule has 6 aromatic carbocycles. The van der Waals surface area contributed by atoms with Crippen LogP contribution in [0.5, 0.6) is 11.5 Å². The Morgan fingerprint density at radius 2 is 0.870 bits per heavy atom. The zero-order chi connectivity index (χ0) is 39.1. The van der Waals surface area contributed by atoms with Gasteiger partial charge in [-0.2, -0.15) is 16.8 Å². The first-order valence-corrected chi connectivity index (χ1v) is 18.7. The molecular weight excluding hydrogens is 741 g/mol. The summed E-state index contributed by atoms with van der Waals surface area (Å²) < 4.78 is 66.9. The van der Waals surface area contributed by atoms with Crippen molar-refractivity contribution in [3.63, 3.8) is 0 Å². The Morgan fingerprint density at radius 3 is 1.24 bits per heavy atom. The van der Waals surface area contributed by atoms with Crippen molar-refractivity contribution in [3.8, 4) is 11.5 Å². The van der Waals surface area contributed by atoms with E-state index in [-0.39, 0.29) is 66.9 Å². The Kier molecular flexibility index (Phi) is 9.74. The maximum atomic E-state index is 13.4. The van der Waals surface area contributed by atoms with Crippen LogP contribution in [0.15, 0.2) is 107 Å². The van der Waals surface area contributed by atoms with E-state index in [1.54, 1.807) is 38.1 Å². The second-order valence-electron chi connectivity index (χ2n) is 12.2. The number of aromatic hydroxyl groups is 2. The fraction of sp³-hybridized carbons (Fsp3) is 0.0541. The molecule has 0 heterocycles. The van der Waals surface area contributed by atoms with Crippen LogP contribution in [0.4, 0.5) is 27.5 Å². The summed E-state index contributed by atoms with van der Waals surface area (Å²) >= 11 is 0. The molecule has 0 atom stereocenters. The molecular formula is C37H30N4O11S2. The lowest BCUT2D eigenvalue weighted by Crippen LogP contribution is -2.21. The van der Waals surface area contributed by atoms with Gasteiger partial charge in [-0.25, -0.2) is 4.79 Å². The van der Waals surface area contributed by atoms with E-state index in [1.807, 2.05) is 0 Å². The number of rotatable bonds is 8. The maximum absolute atomic E-state index is 13.4. The van der Waals surface area contributed by atoms with E-state index in [2.05, 4.69) is 21.3 Å². The van der Waals surface area contributed by atoms with Crippen LogP contribution in [0.1, 0.15) is 31.8 Å². The smallest absolute Gasteiger partial charge is 0.323 e. The number of carbonyl (C=O) groups excluding carboxylic acids is 3. The van der Waals surface area contributed by atoms with Crippen LogP contribution in [-0.2, 0) is 20.2 Å². The summed E-state index contributed by atoms with van der Waals surface area (Å²) in [5.74, 6) is -1.65. The largest absolute Gasteiger partial charge is 0.508 e. The van der Waals surface area contributed by atoms with E-state index in [0.717, 1.165) is 12.1 Å². The van der Waals surface area contributed by atoms with Gasteiger partial charge in [-0.15, -0.1) is 0 Å². The quantitative estimate of drug-likeness (QED) is 0.0760. The van der Waals surface area contributed by atoms with E-state index in [4.69, 9.17) is 0 Å². The fourth-order valence-electron chi connectivity index (χ4n) is 5.85. The fourth-order valence-corrected chi connectivity index (χ4v) is 7.24. The van der Waals surface area contributed by atoms with E-state index in [1.165, 1.54) is 60.7 Å². The lowest BCUT2D eigenvalue weighted by atomic mass is 10.1. The maximum Gasteiger partial charge on any atom is 0.323 e. The third-order valence-electron chi connectivity index (χ3n) is 8.45. The summed E-state index contributed by atoms with van der Waals surface area (Å²) in [5.41, 5.74) is 2.11. The van der Waals surface area contributed by atoms with E-state index in [9.17, 15) is 50.5 Å². The number of phenols is 2. The number of urea groups is 1. The number of amides is 4.